The molecule has 0 radical (unpaired) electrons. The molecule has 4 aromatic rings. The minimum atomic E-state index is -1.49. The molecule has 5 rings (SSSR count). The van der Waals surface area contributed by atoms with E-state index in [1.54, 1.807) is 0 Å². The lowest BCUT2D eigenvalue weighted by Crippen LogP contribution is -2.36. The van der Waals surface area contributed by atoms with Gasteiger partial charge >= 0.3 is 6.09 Å². The van der Waals surface area contributed by atoms with E-state index < -0.39 is 23.9 Å². The van der Waals surface area contributed by atoms with Gasteiger partial charge in [-0.25, -0.2) is 9.78 Å². The number of ether oxygens (including phenoxy) is 1. The highest BCUT2D eigenvalue weighted by Gasteiger charge is 2.29. The van der Waals surface area contributed by atoms with E-state index >= 15 is 0 Å². The first-order chi connectivity index (χ1) is 16.0. The van der Waals surface area contributed by atoms with Crippen LogP contribution >= 0.6 is 0 Å². The number of rotatable bonds is 6. The van der Waals surface area contributed by atoms with E-state index in [4.69, 9.17) is 4.74 Å². The van der Waals surface area contributed by atoms with E-state index in [9.17, 15) is 19.8 Å². The van der Waals surface area contributed by atoms with Crippen LogP contribution < -0.4 is 10.9 Å². The molecule has 0 fully saturated rings. The van der Waals surface area contributed by atoms with Crippen molar-refractivity contribution in [2.24, 2.45) is 0 Å². The first kappa shape index (κ1) is 20.9. The maximum atomic E-state index is 12.3. The number of nitrogens with one attached hydrogen (secondary N) is 3. The molecule has 10 heteroatoms. The number of hydrogen-bond acceptors (Lipinski definition) is 7. The van der Waals surface area contributed by atoms with Gasteiger partial charge in [0.25, 0.3) is 5.56 Å². The van der Waals surface area contributed by atoms with Crippen LogP contribution in [-0.2, 0) is 4.74 Å². The third kappa shape index (κ3) is 3.75. The molecular formula is C23H21N5O5. The second-order valence-electron chi connectivity index (χ2n) is 7.79. The predicted molar refractivity (Wildman–Crippen MR) is 119 cm³/mol. The van der Waals surface area contributed by atoms with Crippen LogP contribution in [0.15, 0.2) is 59.7 Å². The van der Waals surface area contributed by atoms with Crippen LogP contribution in [0, 0.1) is 0 Å². The topological polar surface area (TPSA) is 153 Å². The van der Waals surface area contributed by atoms with Gasteiger partial charge in [-0.05, 0) is 22.3 Å². The van der Waals surface area contributed by atoms with Gasteiger partial charge in [-0.1, -0.05) is 48.5 Å². The predicted octanol–water partition coefficient (Wildman–Crippen LogP) is 1.58. The van der Waals surface area contributed by atoms with Crippen molar-refractivity contribution in [1.29, 1.82) is 0 Å². The Morgan fingerprint density at radius 2 is 1.76 bits per heavy atom. The van der Waals surface area contributed by atoms with Crippen molar-refractivity contribution < 1.29 is 19.7 Å². The normalized spacial score (nSPS) is 14.5. The Bertz CT molecular complexity index is 1340. The number of nitrogens with zero attached hydrogens (tertiary/aromatic N) is 2. The van der Waals surface area contributed by atoms with E-state index in [2.05, 4.69) is 25.5 Å². The number of H-pyrrole nitrogens is 2. The maximum absolute atomic E-state index is 12.3. The molecule has 1 amide bonds. The molecule has 5 N–H and O–H groups in total. The van der Waals surface area contributed by atoms with Crippen LogP contribution in [0.25, 0.3) is 22.2 Å². The molecule has 0 aliphatic heterocycles. The summed E-state index contributed by atoms with van der Waals surface area (Å²) in [6.07, 6.45) is -2.43. The van der Waals surface area contributed by atoms with Gasteiger partial charge in [0, 0.05) is 12.5 Å². The Morgan fingerprint density at radius 1 is 1.09 bits per heavy atom. The van der Waals surface area contributed by atoms with Gasteiger partial charge in [0.05, 0.1) is 12.0 Å². The Labute approximate surface area is 187 Å². The Hall–Kier alpha value is -4.02. The van der Waals surface area contributed by atoms with E-state index in [0.717, 1.165) is 22.3 Å². The van der Waals surface area contributed by atoms with Crippen LogP contribution in [0.4, 0.5) is 4.79 Å². The van der Waals surface area contributed by atoms with Crippen molar-refractivity contribution in [2.75, 3.05) is 13.2 Å². The van der Waals surface area contributed by atoms with Crippen LogP contribution in [0.1, 0.15) is 28.8 Å². The second-order valence-corrected chi connectivity index (χ2v) is 7.79. The third-order valence-corrected chi connectivity index (χ3v) is 5.84. The van der Waals surface area contributed by atoms with Crippen molar-refractivity contribution in [3.8, 4) is 11.1 Å². The molecule has 2 aromatic heterocycles. The molecule has 0 spiro atoms. The number of aliphatic hydroxyl groups is 2. The average molecular weight is 447 g/mol. The maximum Gasteiger partial charge on any atom is 0.407 e. The standard InChI is InChI=1S/C23H21N5O5/c29-17(20(30)19-18-21(28-27-19)25-11-26-22(18)31)9-24-23(32)33-10-16-14-7-3-1-5-12(14)13-6-2-4-8-15(13)16/h1-8,11,16-17,20,29-30H,9-10H2,(H,24,32)(H2,25,26,27,28,31). The van der Waals surface area contributed by atoms with E-state index in [0.29, 0.717) is 0 Å². The van der Waals surface area contributed by atoms with E-state index in [-0.39, 0.29) is 35.8 Å². The van der Waals surface area contributed by atoms with Crippen molar-refractivity contribution in [1.82, 2.24) is 25.5 Å². The van der Waals surface area contributed by atoms with Crippen LogP contribution in [0.5, 0.6) is 0 Å². The van der Waals surface area contributed by atoms with Crippen LogP contribution in [0.2, 0.25) is 0 Å². The zero-order valence-electron chi connectivity index (χ0n) is 17.4. The van der Waals surface area contributed by atoms with Gasteiger partial charge in [0.2, 0.25) is 0 Å². The van der Waals surface area contributed by atoms with Gasteiger partial charge in [-0.3, -0.25) is 9.89 Å². The number of alkyl carbamates (subject to hydrolysis) is 1. The Balaban J connectivity index is 1.21. The fourth-order valence-corrected chi connectivity index (χ4v) is 4.24. The highest BCUT2D eigenvalue weighted by molar-refractivity contribution is 5.79. The van der Waals surface area contributed by atoms with Crippen molar-refractivity contribution in [3.05, 3.63) is 82.0 Å². The summed E-state index contributed by atoms with van der Waals surface area (Å²) in [5.41, 5.74) is 4.05. The quantitative estimate of drug-likeness (QED) is 0.301. The van der Waals surface area contributed by atoms with E-state index in [1.165, 1.54) is 6.33 Å². The molecule has 1 aliphatic carbocycles. The summed E-state index contributed by atoms with van der Waals surface area (Å²) < 4.78 is 5.42. The largest absolute Gasteiger partial charge is 0.449 e. The SMILES string of the molecule is O=C(NCC(O)C(O)c1[nH]nc2nc[nH]c(=O)c12)OCC1c2ccccc2-c2ccccc21. The average Bonchev–Trinajstić information content (AvgIpc) is 3.41. The van der Waals surface area contributed by atoms with Crippen molar-refractivity contribution >= 4 is 17.1 Å². The zero-order valence-corrected chi connectivity index (χ0v) is 17.4. The van der Waals surface area contributed by atoms with Gasteiger partial charge in [-0.15, -0.1) is 0 Å². The summed E-state index contributed by atoms with van der Waals surface area (Å²) in [6.45, 7) is -0.165. The van der Waals surface area contributed by atoms with Gasteiger partial charge in [-0.2, -0.15) is 5.10 Å². The number of carbonyl (C=O) groups excluding carboxylic acids is 1. The molecule has 2 atom stereocenters. The lowest BCUT2D eigenvalue weighted by molar-refractivity contribution is 0.0168. The summed E-state index contributed by atoms with van der Waals surface area (Å²) in [5.74, 6) is -0.0887. The van der Waals surface area contributed by atoms with Crippen molar-refractivity contribution in [2.45, 2.75) is 18.1 Å². The number of hydrogen-bond donors (Lipinski definition) is 5. The number of amides is 1. The van der Waals surface area contributed by atoms with Gasteiger partial charge < -0.3 is 25.3 Å². The molecule has 1 aliphatic rings. The fourth-order valence-electron chi connectivity index (χ4n) is 4.24. The summed E-state index contributed by atoms with van der Waals surface area (Å²) >= 11 is 0. The lowest BCUT2D eigenvalue weighted by atomic mass is 9.98. The van der Waals surface area contributed by atoms with E-state index in [1.807, 2.05) is 48.5 Å². The minimum absolute atomic E-state index is 0.0150. The Kier molecular flexibility index (Phi) is 5.37. The number of benzene rings is 2. The molecule has 2 heterocycles. The highest BCUT2D eigenvalue weighted by Crippen LogP contribution is 2.44. The number of carbonyl (C=O) groups is 1. The molecule has 33 heavy (non-hydrogen) atoms. The summed E-state index contributed by atoms with van der Waals surface area (Å²) in [6, 6.07) is 16.0. The number of aromatic nitrogens is 4. The van der Waals surface area contributed by atoms with Crippen molar-refractivity contribution in [3.63, 3.8) is 0 Å². The first-order valence-electron chi connectivity index (χ1n) is 10.4. The summed E-state index contributed by atoms with van der Waals surface area (Å²) in [7, 11) is 0. The van der Waals surface area contributed by atoms with Crippen LogP contribution in [-0.4, -0.2) is 55.7 Å². The fraction of sp³-hybridized carbons (Fsp3) is 0.217. The summed E-state index contributed by atoms with van der Waals surface area (Å²) in [5, 5.41) is 29.6. The highest BCUT2D eigenvalue weighted by atomic mass is 16.5. The van der Waals surface area contributed by atoms with Gasteiger partial charge in [0.15, 0.2) is 5.65 Å². The molecule has 168 valence electrons. The summed E-state index contributed by atoms with van der Waals surface area (Å²) in [4.78, 5) is 30.6. The lowest BCUT2D eigenvalue weighted by Gasteiger charge is -2.18. The Morgan fingerprint density at radius 3 is 2.45 bits per heavy atom. The molecular weight excluding hydrogens is 426 g/mol. The number of aromatic amines is 2. The molecule has 10 nitrogen and oxygen atoms in total. The number of fused-ring (bicyclic) bond motifs is 4. The smallest absolute Gasteiger partial charge is 0.407 e. The molecule has 0 saturated heterocycles. The second kappa shape index (κ2) is 8.49. The first-order valence-corrected chi connectivity index (χ1v) is 10.4. The third-order valence-electron chi connectivity index (χ3n) is 5.84. The van der Waals surface area contributed by atoms with Gasteiger partial charge in [0.1, 0.15) is 24.2 Å². The molecule has 0 saturated carbocycles. The molecule has 0 bridgehead atoms. The zero-order chi connectivity index (χ0) is 22.9. The number of aliphatic hydroxyl groups excluding tert-OH is 2. The molecule has 2 aromatic carbocycles. The molecule has 2 unspecified atom stereocenters. The minimum Gasteiger partial charge on any atom is -0.449 e. The van der Waals surface area contributed by atoms with Crippen LogP contribution in [0.3, 0.4) is 0 Å². The monoisotopic (exact) mass is 447 g/mol.